The Morgan fingerprint density at radius 1 is 0.941 bits per heavy atom. The third kappa shape index (κ3) is 8.20. The van der Waals surface area contributed by atoms with Crippen molar-refractivity contribution in [2.24, 2.45) is 0 Å². The molecule has 0 aliphatic heterocycles. The van der Waals surface area contributed by atoms with Gasteiger partial charge in [0.15, 0.2) is 0 Å². The van der Waals surface area contributed by atoms with Crippen molar-refractivity contribution in [1.29, 1.82) is 0 Å². The molecule has 0 aromatic heterocycles. The van der Waals surface area contributed by atoms with E-state index in [-0.39, 0.29) is 0 Å². The van der Waals surface area contributed by atoms with Crippen LogP contribution in [0.15, 0.2) is 23.3 Å². The van der Waals surface area contributed by atoms with Crippen molar-refractivity contribution in [3.63, 3.8) is 0 Å². The SMILES string of the molecule is CC(C)=CCC/C(C)=C/CN(C(C)C)C(C)C. The number of hydrogen-bond acceptors (Lipinski definition) is 1. The minimum absolute atomic E-state index is 0.622. The molecular weight excluding hydrogens is 206 g/mol. The van der Waals surface area contributed by atoms with Crippen LogP contribution in [-0.2, 0) is 0 Å². The first-order valence-corrected chi connectivity index (χ1v) is 6.89. The quantitative estimate of drug-likeness (QED) is 0.575. The summed E-state index contributed by atoms with van der Waals surface area (Å²) in [7, 11) is 0. The Morgan fingerprint density at radius 2 is 1.47 bits per heavy atom. The van der Waals surface area contributed by atoms with Crippen molar-refractivity contribution in [2.75, 3.05) is 6.54 Å². The van der Waals surface area contributed by atoms with E-state index in [1.807, 2.05) is 0 Å². The van der Waals surface area contributed by atoms with Crippen molar-refractivity contribution in [3.05, 3.63) is 23.3 Å². The van der Waals surface area contributed by atoms with Gasteiger partial charge in [0.05, 0.1) is 0 Å². The first-order chi connectivity index (χ1) is 7.84. The fraction of sp³-hybridized carbons (Fsp3) is 0.750. The molecular formula is C16H31N. The van der Waals surface area contributed by atoms with E-state index < -0.39 is 0 Å². The van der Waals surface area contributed by atoms with E-state index in [1.54, 1.807) is 0 Å². The molecule has 0 amide bonds. The van der Waals surface area contributed by atoms with Gasteiger partial charge in [-0.3, -0.25) is 4.90 Å². The van der Waals surface area contributed by atoms with Crippen LogP contribution in [0.4, 0.5) is 0 Å². The molecule has 100 valence electrons. The summed E-state index contributed by atoms with van der Waals surface area (Å²) in [6, 6.07) is 1.24. The third-order valence-corrected chi connectivity index (χ3v) is 3.07. The van der Waals surface area contributed by atoms with Crippen LogP contribution >= 0.6 is 0 Å². The van der Waals surface area contributed by atoms with E-state index in [4.69, 9.17) is 0 Å². The number of rotatable bonds is 7. The molecule has 0 aromatic carbocycles. The maximum Gasteiger partial charge on any atom is 0.0171 e. The van der Waals surface area contributed by atoms with Crippen LogP contribution in [0, 0.1) is 0 Å². The van der Waals surface area contributed by atoms with Crippen LogP contribution in [0.2, 0.25) is 0 Å². The Labute approximate surface area is 109 Å². The average Bonchev–Trinajstić information content (AvgIpc) is 2.15. The highest BCUT2D eigenvalue weighted by Gasteiger charge is 2.10. The summed E-state index contributed by atoms with van der Waals surface area (Å²) in [5.74, 6) is 0. The zero-order valence-corrected chi connectivity index (χ0v) is 12.9. The van der Waals surface area contributed by atoms with Gasteiger partial charge in [-0.05, 0) is 61.3 Å². The number of nitrogens with zero attached hydrogens (tertiary/aromatic N) is 1. The number of hydrogen-bond donors (Lipinski definition) is 0. The fourth-order valence-corrected chi connectivity index (χ4v) is 1.97. The highest BCUT2D eigenvalue weighted by Crippen LogP contribution is 2.09. The second-order valence-corrected chi connectivity index (χ2v) is 5.75. The van der Waals surface area contributed by atoms with Crippen molar-refractivity contribution in [3.8, 4) is 0 Å². The molecule has 0 saturated carbocycles. The molecule has 0 radical (unpaired) electrons. The van der Waals surface area contributed by atoms with Gasteiger partial charge in [-0.15, -0.1) is 0 Å². The summed E-state index contributed by atoms with van der Waals surface area (Å²) >= 11 is 0. The normalized spacial score (nSPS) is 12.7. The Balaban J connectivity index is 4.16. The van der Waals surface area contributed by atoms with Gasteiger partial charge in [-0.1, -0.05) is 23.3 Å². The van der Waals surface area contributed by atoms with Gasteiger partial charge in [-0.2, -0.15) is 0 Å². The summed E-state index contributed by atoms with van der Waals surface area (Å²) < 4.78 is 0. The lowest BCUT2D eigenvalue weighted by Gasteiger charge is -2.29. The molecule has 0 rings (SSSR count). The van der Waals surface area contributed by atoms with E-state index in [0.29, 0.717) is 12.1 Å². The first kappa shape index (κ1) is 16.4. The molecule has 0 heterocycles. The molecule has 17 heavy (non-hydrogen) atoms. The maximum absolute atomic E-state index is 2.52. The lowest BCUT2D eigenvalue weighted by atomic mass is 10.1. The highest BCUT2D eigenvalue weighted by molar-refractivity contribution is 5.03. The van der Waals surface area contributed by atoms with Crippen LogP contribution in [0.3, 0.4) is 0 Å². The zero-order chi connectivity index (χ0) is 13.4. The van der Waals surface area contributed by atoms with Gasteiger partial charge in [0.2, 0.25) is 0 Å². The smallest absolute Gasteiger partial charge is 0.0171 e. The molecule has 0 aliphatic carbocycles. The molecule has 0 fully saturated rings. The van der Waals surface area contributed by atoms with Gasteiger partial charge >= 0.3 is 0 Å². The molecule has 1 nitrogen and oxygen atoms in total. The monoisotopic (exact) mass is 237 g/mol. The van der Waals surface area contributed by atoms with Crippen LogP contribution in [0.1, 0.15) is 61.3 Å². The Bertz CT molecular complexity index is 247. The summed E-state index contributed by atoms with van der Waals surface area (Å²) in [5, 5.41) is 0. The minimum atomic E-state index is 0.622. The first-order valence-electron chi connectivity index (χ1n) is 6.89. The highest BCUT2D eigenvalue weighted by atomic mass is 15.2. The molecule has 0 atom stereocenters. The third-order valence-electron chi connectivity index (χ3n) is 3.07. The van der Waals surface area contributed by atoms with Crippen LogP contribution in [0.5, 0.6) is 0 Å². The van der Waals surface area contributed by atoms with E-state index >= 15 is 0 Å². The lowest BCUT2D eigenvalue weighted by molar-refractivity contribution is 0.196. The lowest BCUT2D eigenvalue weighted by Crippen LogP contribution is -2.37. The minimum Gasteiger partial charge on any atom is -0.295 e. The molecule has 0 aliphatic rings. The largest absolute Gasteiger partial charge is 0.295 e. The molecule has 0 N–H and O–H groups in total. The molecule has 0 unspecified atom stereocenters. The van der Waals surface area contributed by atoms with Gasteiger partial charge in [-0.25, -0.2) is 0 Å². The predicted octanol–water partition coefficient (Wildman–Crippen LogP) is 4.80. The standard InChI is InChI=1S/C16H31N/c1-13(2)9-8-10-16(7)11-12-17(14(3)4)15(5)6/h9,11,14-15H,8,10,12H2,1-7H3/b16-11+. The summed E-state index contributed by atoms with van der Waals surface area (Å²) in [6.45, 7) is 16.7. The summed E-state index contributed by atoms with van der Waals surface area (Å²) in [5.41, 5.74) is 2.93. The Hall–Kier alpha value is -0.560. The van der Waals surface area contributed by atoms with Crippen LogP contribution < -0.4 is 0 Å². The Kier molecular flexibility index (Phi) is 8.24. The second kappa shape index (κ2) is 8.52. The van der Waals surface area contributed by atoms with Crippen molar-refractivity contribution >= 4 is 0 Å². The van der Waals surface area contributed by atoms with E-state index in [2.05, 4.69) is 65.5 Å². The van der Waals surface area contributed by atoms with Crippen molar-refractivity contribution in [2.45, 2.75) is 73.4 Å². The van der Waals surface area contributed by atoms with Crippen LogP contribution in [-0.4, -0.2) is 23.5 Å². The van der Waals surface area contributed by atoms with Gasteiger partial charge in [0.25, 0.3) is 0 Å². The van der Waals surface area contributed by atoms with Crippen molar-refractivity contribution < 1.29 is 0 Å². The molecule has 0 bridgehead atoms. The molecule has 0 spiro atoms. The predicted molar refractivity (Wildman–Crippen MR) is 79.4 cm³/mol. The molecule has 1 heteroatoms. The van der Waals surface area contributed by atoms with Gasteiger partial charge in [0, 0.05) is 18.6 Å². The fourth-order valence-electron chi connectivity index (χ4n) is 1.97. The molecule has 0 aromatic rings. The van der Waals surface area contributed by atoms with Gasteiger partial charge in [0.1, 0.15) is 0 Å². The second-order valence-electron chi connectivity index (χ2n) is 5.75. The van der Waals surface area contributed by atoms with Gasteiger partial charge < -0.3 is 0 Å². The van der Waals surface area contributed by atoms with Crippen LogP contribution in [0.25, 0.3) is 0 Å². The zero-order valence-electron chi connectivity index (χ0n) is 12.9. The van der Waals surface area contributed by atoms with E-state index in [9.17, 15) is 0 Å². The average molecular weight is 237 g/mol. The van der Waals surface area contributed by atoms with E-state index in [0.717, 1.165) is 6.54 Å². The summed E-state index contributed by atoms with van der Waals surface area (Å²) in [6.07, 6.45) is 7.07. The molecule has 0 saturated heterocycles. The maximum atomic E-state index is 2.52. The topological polar surface area (TPSA) is 3.24 Å². The summed E-state index contributed by atoms with van der Waals surface area (Å²) in [4.78, 5) is 2.52. The van der Waals surface area contributed by atoms with E-state index in [1.165, 1.54) is 24.0 Å². The number of allylic oxidation sites excluding steroid dienone is 3. The van der Waals surface area contributed by atoms with Crippen molar-refractivity contribution in [1.82, 2.24) is 4.90 Å². The Morgan fingerprint density at radius 3 is 1.88 bits per heavy atom.